The minimum absolute atomic E-state index is 0.0120. The van der Waals surface area contributed by atoms with Crippen LogP contribution in [0.15, 0.2) is 182 Å². The maximum absolute atomic E-state index is 10.1. The lowest BCUT2D eigenvalue weighted by Gasteiger charge is -2.13. The largest absolute Gasteiger partial charge is 0.309 e. The second-order valence-corrected chi connectivity index (χ2v) is 15.8. The van der Waals surface area contributed by atoms with Gasteiger partial charge in [-0.3, -0.25) is 0 Å². The van der Waals surface area contributed by atoms with E-state index in [1.807, 2.05) is 66.7 Å². The highest BCUT2D eigenvalue weighted by Gasteiger charge is 2.23. The van der Waals surface area contributed by atoms with Gasteiger partial charge in [0.2, 0.25) is 0 Å². The van der Waals surface area contributed by atoms with Crippen molar-refractivity contribution in [3.63, 3.8) is 0 Å². The van der Waals surface area contributed by atoms with Crippen molar-refractivity contribution in [3.05, 3.63) is 182 Å². The van der Waals surface area contributed by atoms with Crippen molar-refractivity contribution >= 4 is 106 Å². The monoisotopic (exact) mass is 804 g/mol. The van der Waals surface area contributed by atoms with Crippen molar-refractivity contribution in [1.29, 1.82) is 0 Å². The molecule has 0 unspecified atom stereocenters. The minimum atomic E-state index is -0.665. The Kier molecular flexibility index (Phi) is 4.27. The summed E-state index contributed by atoms with van der Waals surface area (Å²) in [6.45, 7) is 0. The topological polar surface area (TPSA) is 43.6 Å². The van der Waals surface area contributed by atoms with Crippen LogP contribution in [0.25, 0.3) is 124 Å². The maximum atomic E-state index is 10.1. The summed E-state index contributed by atoms with van der Waals surface area (Å²) < 4.78 is 165. The second kappa shape index (κ2) is 12.6. The first-order valence-corrected chi connectivity index (χ1v) is 19.9. The molecule has 0 aliphatic rings. The Hall–Kier alpha value is -7.25. The minimum Gasteiger partial charge on any atom is -0.309 e. The number of benzene rings is 9. The van der Waals surface area contributed by atoms with Gasteiger partial charge in [0.15, 0.2) is 17.5 Å². The summed E-state index contributed by atoms with van der Waals surface area (Å²) in [4.78, 5) is 15.1. The molecular formula is C53H30N4S2. The molecule has 0 bridgehead atoms. The Morgan fingerprint density at radius 1 is 0.441 bits per heavy atom. The van der Waals surface area contributed by atoms with Gasteiger partial charge in [0, 0.05) is 73.5 Å². The molecule has 0 amide bonds. The van der Waals surface area contributed by atoms with Crippen molar-refractivity contribution in [2.45, 2.75) is 0 Å². The normalized spacial score (nSPS) is 16.3. The van der Waals surface area contributed by atoms with Gasteiger partial charge in [0.05, 0.1) is 35.7 Å². The standard InChI is InChI=1S/C53H30N4S2/c1-2-16-34(17-3-1)57-43-23-11-8-20-37(43)38-27-26-33(30-44(38)57)51-54-52(41-28-31-14-4-6-18-35(31)49-47(41)39-21-9-12-24-45(39)58-49)56-53(55-51)42-29-32-15-5-7-19-36(32)50-48(42)40-22-10-13-25-46(40)59-50/h1-30H/i4D,5D,6D,7D,9D,10D,12D,13D,14D,15D,18D,19D,21D,22D,24D,25D,28D,29D. The number of para-hydroxylation sites is 2. The molecule has 0 saturated carbocycles. The van der Waals surface area contributed by atoms with Gasteiger partial charge in [-0.2, -0.15) is 0 Å². The summed E-state index contributed by atoms with van der Waals surface area (Å²) in [5, 5.41) is 0.716. The molecule has 274 valence electrons. The molecule has 6 heteroatoms. The van der Waals surface area contributed by atoms with Crippen LogP contribution in [-0.4, -0.2) is 19.5 Å². The molecule has 0 aliphatic heterocycles. The van der Waals surface area contributed by atoms with Crippen LogP contribution in [0.3, 0.4) is 0 Å². The van der Waals surface area contributed by atoms with E-state index in [-0.39, 0.29) is 90.5 Å². The Morgan fingerprint density at radius 2 is 0.949 bits per heavy atom. The van der Waals surface area contributed by atoms with Crippen LogP contribution in [0.1, 0.15) is 24.7 Å². The summed E-state index contributed by atoms with van der Waals surface area (Å²) in [7, 11) is 0. The fourth-order valence-electron chi connectivity index (χ4n) is 8.03. The number of aromatic nitrogens is 4. The molecule has 13 aromatic rings. The molecule has 0 saturated heterocycles. The van der Waals surface area contributed by atoms with Crippen LogP contribution < -0.4 is 0 Å². The highest BCUT2D eigenvalue weighted by molar-refractivity contribution is 7.27. The Morgan fingerprint density at radius 3 is 1.58 bits per heavy atom. The molecule has 9 aromatic carbocycles. The van der Waals surface area contributed by atoms with E-state index < -0.39 is 109 Å². The molecule has 0 spiro atoms. The number of nitrogens with zero attached hydrogens (tertiary/aromatic N) is 4. The highest BCUT2D eigenvalue weighted by Crippen LogP contribution is 2.46. The summed E-state index contributed by atoms with van der Waals surface area (Å²) in [6, 6.07) is 12.7. The van der Waals surface area contributed by atoms with Gasteiger partial charge >= 0.3 is 0 Å². The Balaban J connectivity index is 1.27. The molecule has 4 heterocycles. The van der Waals surface area contributed by atoms with Gasteiger partial charge in [0.1, 0.15) is 0 Å². The van der Waals surface area contributed by atoms with E-state index in [1.165, 1.54) is 0 Å². The second-order valence-electron chi connectivity index (χ2n) is 13.7. The highest BCUT2D eigenvalue weighted by atomic mass is 32.1. The first-order valence-electron chi connectivity index (χ1n) is 27.3. The lowest BCUT2D eigenvalue weighted by molar-refractivity contribution is 1.08. The quantitative estimate of drug-likeness (QED) is 0.178. The fraction of sp³-hybridized carbons (Fsp3) is 0. The molecule has 4 aromatic heterocycles. The summed E-state index contributed by atoms with van der Waals surface area (Å²) in [5.74, 6) is -0.840. The van der Waals surface area contributed by atoms with Crippen molar-refractivity contribution < 1.29 is 24.7 Å². The van der Waals surface area contributed by atoms with E-state index in [0.717, 1.165) is 44.7 Å². The predicted octanol–water partition coefficient (Wildman–Crippen LogP) is 15.0. The molecule has 4 nitrogen and oxygen atoms in total. The Bertz CT molecular complexity index is 4690. The summed E-state index contributed by atoms with van der Waals surface area (Å²) >= 11 is 1.69. The maximum Gasteiger partial charge on any atom is 0.164 e. The van der Waals surface area contributed by atoms with Crippen LogP contribution in [0.2, 0.25) is 0 Å². The average molecular weight is 805 g/mol. The molecular weight excluding hydrogens is 757 g/mol. The third kappa shape index (κ3) is 4.91. The van der Waals surface area contributed by atoms with Crippen LogP contribution in [0.4, 0.5) is 0 Å². The van der Waals surface area contributed by atoms with E-state index in [4.69, 9.17) is 31.4 Å². The van der Waals surface area contributed by atoms with Gasteiger partial charge in [-0.25, -0.2) is 15.0 Å². The van der Waals surface area contributed by atoms with Gasteiger partial charge in [-0.15, -0.1) is 22.7 Å². The SMILES string of the molecule is [2H]c1c([2H])c([2H])c2c(sc3c4c([2H])c([2H])c([2H])c([2H])c4c([2H])c(-c4nc(-c5ccc6c7ccccc7n(-c7ccccc7)c6c5)nc(-c5c([2H])c6c([2H])c([2H])c([2H])c([2H])c6c6sc7c([2H])c([2H])c([2H])c([2H])c7c56)n4)c32)c1[2H]. The molecule has 13 rings (SSSR count). The van der Waals surface area contributed by atoms with Crippen LogP contribution in [-0.2, 0) is 0 Å². The predicted molar refractivity (Wildman–Crippen MR) is 251 cm³/mol. The van der Waals surface area contributed by atoms with E-state index in [9.17, 15) is 8.22 Å². The smallest absolute Gasteiger partial charge is 0.164 e. The van der Waals surface area contributed by atoms with Crippen molar-refractivity contribution in [2.75, 3.05) is 0 Å². The number of fused-ring (bicyclic) bond motifs is 13. The van der Waals surface area contributed by atoms with E-state index >= 15 is 0 Å². The lowest BCUT2D eigenvalue weighted by Crippen LogP contribution is -2.01. The Labute approximate surface area is 371 Å². The van der Waals surface area contributed by atoms with Crippen molar-refractivity contribution in [2.24, 2.45) is 0 Å². The van der Waals surface area contributed by atoms with E-state index in [2.05, 4.69) is 4.57 Å². The first kappa shape index (κ1) is 19.9. The third-order valence-corrected chi connectivity index (χ3v) is 12.8. The average Bonchev–Trinajstić information content (AvgIpc) is 4.36. The molecule has 0 atom stereocenters. The molecule has 0 fully saturated rings. The molecule has 0 N–H and O–H groups in total. The van der Waals surface area contributed by atoms with Gasteiger partial charge in [0.25, 0.3) is 0 Å². The van der Waals surface area contributed by atoms with Gasteiger partial charge in [-0.1, -0.05) is 133 Å². The summed E-state index contributed by atoms with van der Waals surface area (Å²) in [5.41, 5.74) is 2.26. The fourth-order valence-corrected chi connectivity index (χ4v) is 10.3. The van der Waals surface area contributed by atoms with Gasteiger partial charge < -0.3 is 4.57 Å². The molecule has 0 aliphatic carbocycles. The lowest BCUT2D eigenvalue weighted by atomic mass is 9.98. The first-order chi connectivity index (χ1) is 36.7. The zero-order chi connectivity index (χ0) is 54.3. The zero-order valence-electron chi connectivity index (χ0n) is 48.0. The zero-order valence-corrected chi connectivity index (χ0v) is 31.7. The van der Waals surface area contributed by atoms with E-state index in [1.54, 1.807) is 6.07 Å². The van der Waals surface area contributed by atoms with Crippen molar-refractivity contribution in [3.8, 4) is 39.9 Å². The van der Waals surface area contributed by atoms with E-state index in [0.29, 0.717) is 11.1 Å². The number of thiophene rings is 2. The molecule has 59 heavy (non-hydrogen) atoms. The van der Waals surface area contributed by atoms with Crippen LogP contribution in [0, 0.1) is 0 Å². The van der Waals surface area contributed by atoms with Crippen LogP contribution in [0.5, 0.6) is 0 Å². The van der Waals surface area contributed by atoms with Gasteiger partial charge in [-0.05, 0) is 70.0 Å². The van der Waals surface area contributed by atoms with Crippen LogP contribution >= 0.6 is 22.7 Å². The number of hydrogen-bond donors (Lipinski definition) is 0. The number of hydrogen-bond acceptors (Lipinski definition) is 5. The summed E-state index contributed by atoms with van der Waals surface area (Å²) in [6.07, 6.45) is 0. The third-order valence-electron chi connectivity index (χ3n) is 10.5. The molecule has 0 radical (unpaired) electrons. The van der Waals surface area contributed by atoms with Crippen molar-refractivity contribution in [1.82, 2.24) is 19.5 Å². The number of rotatable bonds is 4.